The van der Waals surface area contributed by atoms with Crippen LogP contribution in [0.15, 0.2) is 6.33 Å². The van der Waals surface area contributed by atoms with Gasteiger partial charge in [-0.2, -0.15) is 0 Å². The highest BCUT2D eigenvalue weighted by Crippen LogP contribution is 2.24. The fourth-order valence-electron chi connectivity index (χ4n) is 1.84. The molecule has 1 aromatic rings. The summed E-state index contributed by atoms with van der Waals surface area (Å²) in [5.41, 5.74) is 0. The molecule has 1 saturated heterocycles. The first-order chi connectivity index (χ1) is 5.79. The lowest BCUT2D eigenvalue weighted by Crippen LogP contribution is -2.23. The Labute approximate surface area is 72.0 Å². The quantitative estimate of drug-likeness (QED) is 0.651. The molecule has 0 bridgehead atoms. The second kappa shape index (κ2) is 2.86. The molecule has 4 nitrogen and oxygen atoms in total. The Bertz CT molecular complexity index is 268. The van der Waals surface area contributed by atoms with Crippen molar-refractivity contribution >= 4 is 0 Å². The van der Waals surface area contributed by atoms with Crippen LogP contribution in [0.25, 0.3) is 0 Å². The summed E-state index contributed by atoms with van der Waals surface area (Å²) in [4.78, 5) is 0. The van der Waals surface area contributed by atoms with Crippen LogP contribution in [0, 0.1) is 0 Å². The molecule has 4 heteroatoms. The molecular formula is C8H14N4. The van der Waals surface area contributed by atoms with E-state index in [0.717, 1.165) is 12.4 Å². The standard InChI is InChI=1S/C8H14N4/c1-6-7(3-4-9-6)8-11-10-5-12(8)2/h5-7,9H,3-4H2,1-2H3. The second-order valence-electron chi connectivity index (χ2n) is 3.44. The number of nitrogens with one attached hydrogen (secondary N) is 1. The van der Waals surface area contributed by atoms with Gasteiger partial charge in [-0.3, -0.25) is 0 Å². The number of hydrogen-bond donors (Lipinski definition) is 1. The number of nitrogens with zero attached hydrogens (tertiary/aromatic N) is 3. The van der Waals surface area contributed by atoms with Crippen LogP contribution in [-0.2, 0) is 7.05 Å². The Morgan fingerprint density at radius 1 is 1.67 bits per heavy atom. The zero-order valence-corrected chi connectivity index (χ0v) is 7.49. The van der Waals surface area contributed by atoms with Crippen LogP contribution >= 0.6 is 0 Å². The molecule has 1 aliphatic heterocycles. The van der Waals surface area contributed by atoms with E-state index in [4.69, 9.17) is 0 Å². The number of rotatable bonds is 1. The zero-order chi connectivity index (χ0) is 8.55. The summed E-state index contributed by atoms with van der Waals surface area (Å²) in [6.45, 7) is 3.30. The normalized spacial score (nSPS) is 29.5. The number of hydrogen-bond acceptors (Lipinski definition) is 3. The summed E-state index contributed by atoms with van der Waals surface area (Å²) in [5.74, 6) is 1.64. The third-order valence-electron chi connectivity index (χ3n) is 2.60. The van der Waals surface area contributed by atoms with E-state index < -0.39 is 0 Å². The van der Waals surface area contributed by atoms with Gasteiger partial charge in [-0.1, -0.05) is 0 Å². The number of aryl methyl sites for hydroxylation is 1. The third kappa shape index (κ3) is 1.12. The Morgan fingerprint density at radius 2 is 2.50 bits per heavy atom. The van der Waals surface area contributed by atoms with Crippen LogP contribution in [0.2, 0.25) is 0 Å². The molecule has 1 aromatic heterocycles. The maximum Gasteiger partial charge on any atom is 0.137 e. The predicted octanol–water partition coefficient (Wildman–Crippen LogP) is 0.280. The van der Waals surface area contributed by atoms with E-state index in [0.29, 0.717) is 12.0 Å². The summed E-state index contributed by atoms with van der Waals surface area (Å²) >= 11 is 0. The fraction of sp³-hybridized carbons (Fsp3) is 0.750. The van der Waals surface area contributed by atoms with Gasteiger partial charge in [0.1, 0.15) is 12.2 Å². The van der Waals surface area contributed by atoms with Crippen molar-refractivity contribution in [3.05, 3.63) is 12.2 Å². The topological polar surface area (TPSA) is 42.7 Å². The van der Waals surface area contributed by atoms with Gasteiger partial charge in [0.15, 0.2) is 0 Å². The lowest BCUT2D eigenvalue weighted by atomic mass is 10.0. The molecule has 0 amide bonds. The average Bonchev–Trinajstić information content (AvgIpc) is 2.59. The van der Waals surface area contributed by atoms with Crippen LogP contribution in [0.3, 0.4) is 0 Å². The Hall–Kier alpha value is -0.900. The van der Waals surface area contributed by atoms with Gasteiger partial charge in [-0.05, 0) is 19.9 Å². The van der Waals surface area contributed by atoms with Gasteiger partial charge < -0.3 is 9.88 Å². The largest absolute Gasteiger partial charge is 0.320 e. The van der Waals surface area contributed by atoms with Crippen molar-refractivity contribution in [2.24, 2.45) is 7.05 Å². The van der Waals surface area contributed by atoms with Crippen molar-refractivity contribution < 1.29 is 0 Å². The molecule has 12 heavy (non-hydrogen) atoms. The van der Waals surface area contributed by atoms with Gasteiger partial charge in [0, 0.05) is 19.0 Å². The van der Waals surface area contributed by atoms with Crippen molar-refractivity contribution in [2.75, 3.05) is 6.54 Å². The molecule has 0 aliphatic carbocycles. The molecule has 2 unspecified atom stereocenters. The van der Waals surface area contributed by atoms with Crippen LogP contribution in [0.4, 0.5) is 0 Å². The zero-order valence-electron chi connectivity index (χ0n) is 7.49. The number of aromatic nitrogens is 3. The summed E-state index contributed by atoms with van der Waals surface area (Å²) in [7, 11) is 2.00. The Balaban J connectivity index is 2.24. The lowest BCUT2D eigenvalue weighted by Gasteiger charge is -2.13. The second-order valence-corrected chi connectivity index (χ2v) is 3.44. The average molecular weight is 166 g/mol. The molecule has 1 fully saturated rings. The first kappa shape index (κ1) is 7.73. The fourth-order valence-corrected chi connectivity index (χ4v) is 1.84. The molecule has 66 valence electrons. The molecule has 2 heterocycles. The van der Waals surface area contributed by atoms with Crippen LogP contribution in [0.5, 0.6) is 0 Å². The minimum atomic E-state index is 0.535. The molecule has 1 N–H and O–H groups in total. The van der Waals surface area contributed by atoms with Crippen LogP contribution in [-0.4, -0.2) is 27.4 Å². The van der Waals surface area contributed by atoms with Gasteiger partial charge in [0.05, 0.1) is 0 Å². The van der Waals surface area contributed by atoms with E-state index in [2.05, 4.69) is 22.4 Å². The van der Waals surface area contributed by atoms with Crippen LogP contribution < -0.4 is 5.32 Å². The summed E-state index contributed by atoms with van der Waals surface area (Å²) in [6.07, 6.45) is 2.94. The maximum absolute atomic E-state index is 4.12. The highest BCUT2D eigenvalue weighted by atomic mass is 15.3. The predicted molar refractivity (Wildman–Crippen MR) is 45.8 cm³/mol. The summed E-state index contributed by atoms with van der Waals surface area (Å²) < 4.78 is 2.01. The lowest BCUT2D eigenvalue weighted by molar-refractivity contribution is 0.550. The molecule has 0 spiro atoms. The third-order valence-corrected chi connectivity index (χ3v) is 2.60. The highest BCUT2D eigenvalue weighted by Gasteiger charge is 2.27. The van der Waals surface area contributed by atoms with Crippen molar-refractivity contribution in [2.45, 2.75) is 25.3 Å². The maximum atomic E-state index is 4.12. The van der Waals surface area contributed by atoms with Gasteiger partial charge >= 0.3 is 0 Å². The van der Waals surface area contributed by atoms with E-state index in [1.54, 1.807) is 6.33 Å². The Morgan fingerprint density at radius 3 is 3.00 bits per heavy atom. The van der Waals surface area contributed by atoms with E-state index in [9.17, 15) is 0 Å². The van der Waals surface area contributed by atoms with E-state index in [1.807, 2.05) is 11.6 Å². The van der Waals surface area contributed by atoms with Gasteiger partial charge in [-0.25, -0.2) is 0 Å². The van der Waals surface area contributed by atoms with Gasteiger partial charge in [0.25, 0.3) is 0 Å². The van der Waals surface area contributed by atoms with Crippen LogP contribution in [0.1, 0.15) is 25.1 Å². The summed E-state index contributed by atoms with van der Waals surface area (Å²) in [5, 5.41) is 11.4. The molecule has 1 aliphatic rings. The van der Waals surface area contributed by atoms with Crippen molar-refractivity contribution in [1.82, 2.24) is 20.1 Å². The Kier molecular flexibility index (Phi) is 1.84. The highest BCUT2D eigenvalue weighted by molar-refractivity contribution is 5.03. The minimum absolute atomic E-state index is 0.535. The molecule has 0 aromatic carbocycles. The molecule has 0 radical (unpaired) electrons. The van der Waals surface area contributed by atoms with Crippen molar-refractivity contribution in [3.8, 4) is 0 Å². The van der Waals surface area contributed by atoms with Gasteiger partial charge in [-0.15, -0.1) is 10.2 Å². The van der Waals surface area contributed by atoms with E-state index >= 15 is 0 Å². The molecule has 0 saturated carbocycles. The first-order valence-electron chi connectivity index (χ1n) is 4.36. The minimum Gasteiger partial charge on any atom is -0.320 e. The monoisotopic (exact) mass is 166 g/mol. The molecule has 2 rings (SSSR count). The molecular weight excluding hydrogens is 152 g/mol. The first-order valence-corrected chi connectivity index (χ1v) is 4.36. The van der Waals surface area contributed by atoms with Gasteiger partial charge in [0.2, 0.25) is 0 Å². The van der Waals surface area contributed by atoms with Crippen molar-refractivity contribution in [3.63, 3.8) is 0 Å². The van der Waals surface area contributed by atoms with Crippen molar-refractivity contribution in [1.29, 1.82) is 0 Å². The van der Waals surface area contributed by atoms with E-state index in [-0.39, 0.29) is 0 Å². The van der Waals surface area contributed by atoms with E-state index in [1.165, 1.54) is 6.42 Å². The summed E-state index contributed by atoms with van der Waals surface area (Å²) in [6, 6.07) is 0.535. The molecule has 2 atom stereocenters. The SMILES string of the molecule is CC1NCCC1c1nncn1C. The smallest absolute Gasteiger partial charge is 0.137 e.